The fraction of sp³-hybridized carbons (Fsp3) is 0.267. The van der Waals surface area contributed by atoms with E-state index in [-0.39, 0.29) is 11.5 Å². The van der Waals surface area contributed by atoms with Gasteiger partial charge in [0.25, 0.3) is 5.56 Å². The average Bonchev–Trinajstić information content (AvgIpc) is 2.37. The molecule has 1 unspecified atom stereocenters. The number of benzene rings is 1. The van der Waals surface area contributed by atoms with Crippen LogP contribution in [0.1, 0.15) is 24.1 Å². The summed E-state index contributed by atoms with van der Waals surface area (Å²) in [7, 11) is 0. The van der Waals surface area contributed by atoms with Gasteiger partial charge in [0.2, 0.25) is 5.91 Å². The van der Waals surface area contributed by atoms with Gasteiger partial charge in [-0.3, -0.25) is 9.59 Å². The second-order valence-electron chi connectivity index (χ2n) is 4.85. The van der Waals surface area contributed by atoms with Crippen molar-refractivity contribution in [3.8, 4) is 0 Å². The number of aromatic nitrogens is 2. The quantitative estimate of drug-likeness (QED) is 0.929. The first-order valence-electron chi connectivity index (χ1n) is 6.40. The molecule has 0 saturated heterocycles. The molecule has 0 saturated carbocycles. The van der Waals surface area contributed by atoms with Gasteiger partial charge in [0, 0.05) is 18.0 Å². The molecule has 20 heavy (non-hydrogen) atoms. The Hall–Kier alpha value is -2.43. The van der Waals surface area contributed by atoms with Gasteiger partial charge in [0.1, 0.15) is 6.04 Å². The fourth-order valence-electron chi connectivity index (χ4n) is 2.06. The van der Waals surface area contributed by atoms with E-state index in [4.69, 9.17) is 0 Å². The predicted molar refractivity (Wildman–Crippen MR) is 77.8 cm³/mol. The predicted octanol–water partition coefficient (Wildman–Crippen LogP) is 2.06. The molecule has 5 nitrogen and oxygen atoms in total. The summed E-state index contributed by atoms with van der Waals surface area (Å²) in [5, 5.41) is 6.73. The molecule has 1 N–H and O–H groups in total. The SMILES string of the molecule is Cc1cc(C)cc(NC(=O)C(C)n2ncccc2=O)c1. The van der Waals surface area contributed by atoms with Crippen molar-refractivity contribution < 1.29 is 4.79 Å². The van der Waals surface area contributed by atoms with E-state index in [2.05, 4.69) is 10.4 Å². The van der Waals surface area contributed by atoms with Gasteiger partial charge in [0.15, 0.2) is 0 Å². The highest BCUT2D eigenvalue weighted by atomic mass is 16.2. The van der Waals surface area contributed by atoms with Crippen molar-refractivity contribution in [1.82, 2.24) is 9.78 Å². The second-order valence-corrected chi connectivity index (χ2v) is 4.85. The van der Waals surface area contributed by atoms with Gasteiger partial charge in [-0.25, -0.2) is 4.68 Å². The van der Waals surface area contributed by atoms with Crippen molar-refractivity contribution in [2.75, 3.05) is 5.32 Å². The van der Waals surface area contributed by atoms with Crippen LogP contribution in [-0.4, -0.2) is 15.7 Å². The van der Waals surface area contributed by atoms with Crippen molar-refractivity contribution in [1.29, 1.82) is 0 Å². The van der Waals surface area contributed by atoms with E-state index in [1.807, 2.05) is 32.0 Å². The largest absolute Gasteiger partial charge is 0.324 e. The minimum absolute atomic E-state index is 0.268. The molecule has 2 rings (SSSR count). The van der Waals surface area contributed by atoms with E-state index < -0.39 is 6.04 Å². The Kier molecular flexibility index (Phi) is 3.98. The van der Waals surface area contributed by atoms with Gasteiger partial charge in [-0.2, -0.15) is 5.10 Å². The number of anilines is 1. The Morgan fingerprint density at radius 3 is 2.50 bits per heavy atom. The summed E-state index contributed by atoms with van der Waals surface area (Å²) >= 11 is 0. The van der Waals surface area contributed by atoms with Crippen molar-refractivity contribution in [2.24, 2.45) is 0 Å². The van der Waals surface area contributed by atoms with Crippen LogP contribution in [0, 0.1) is 13.8 Å². The number of hydrogen-bond donors (Lipinski definition) is 1. The molecule has 1 aromatic heterocycles. The highest BCUT2D eigenvalue weighted by Crippen LogP contribution is 2.15. The van der Waals surface area contributed by atoms with Crippen molar-refractivity contribution >= 4 is 11.6 Å². The zero-order valence-electron chi connectivity index (χ0n) is 11.8. The van der Waals surface area contributed by atoms with Gasteiger partial charge in [-0.1, -0.05) is 6.07 Å². The Labute approximate surface area is 117 Å². The molecular formula is C15H17N3O2. The molecular weight excluding hydrogens is 254 g/mol. The highest BCUT2D eigenvalue weighted by molar-refractivity contribution is 5.93. The van der Waals surface area contributed by atoms with Crippen molar-refractivity contribution in [3.05, 3.63) is 58.0 Å². The first kappa shape index (κ1) is 14.0. The monoisotopic (exact) mass is 271 g/mol. The third-order valence-electron chi connectivity index (χ3n) is 2.98. The van der Waals surface area contributed by atoms with Crippen LogP contribution in [0.5, 0.6) is 0 Å². The first-order valence-corrected chi connectivity index (χ1v) is 6.40. The Morgan fingerprint density at radius 2 is 1.90 bits per heavy atom. The third kappa shape index (κ3) is 3.12. The van der Waals surface area contributed by atoms with Crippen LogP contribution >= 0.6 is 0 Å². The zero-order chi connectivity index (χ0) is 14.7. The number of carbonyl (C=O) groups is 1. The lowest BCUT2D eigenvalue weighted by molar-refractivity contribution is -0.119. The zero-order valence-corrected chi connectivity index (χ0v) is 11.8. The summed E-state index contributed by atoms with van der Waals surface area (Å²) in [5.74, 6) is -0.268. The van der Waals surface area contributed by atoms with E-state index >= 15 is 0 Å². The van der Waals surface area contributed by atoms with Gasteiger partial charge in [0.05, 0.1) is 0 Å². The average molecular weight is 271 g/mol. The molecule has 1 amide bonds. The van der Waals surface area contributed by atoms with Crippen molar-refractivity contribution in [3.63, 3.8) is 0 Å². The van der Waals surface area contributed by atoms with Crippen LogP contribution in [0.15, 0.2) is 41.3 Å². The van der Waals surface area contributed by atoms with Crippen LogP contribution in [-0.2, 0) is 4.79 Å². The maximum Gasteiger partial charge on any atom is 0.267 e. The molecule has 5 heteroatoms. The lowest BCUT2D eigenvalue weighted by Crippen LogP contribution is -2.32. The molecule has 1 heterocycles. The standard InChI is InChI=1S/C15H17N3O2/c1-10-7-11(2)9-13(8-10)17-15(20)12(3)18-14(19)5-4-6-16-18/h4-9,12H,1-3H3,(H,17,20). The number of nitrogens with zero attached hydrogens (tertiary/aromatic N) is 2. The number of rotatable bonds is 3. The maximum absolute atomic E-state index is 12.2. The molecule has 2 aromatic rings. The van der Waals surface area contributed by atoms with Gasteiger partial charge >= 0.3 is 0 Å². The lowest BCUT2D eigenvalue weighted by Gasteiger charge is -2.14. The number of carbonyl (C=O) groups excluding carboxylic acids is 1. The Balaban J connectivity index is 2.20. The lowest BCUT2D eigenvalue weighted by atomic mass is 10.1. The normalized spacial score (nSPS) is 11.9. The smallest absolute Gasteiger partial charge is 0.267 e. The van der Waals surface area contributed by atoms with E-state index in [1.54, 1.807) is 13.0 Å². The summed E-state index contributed by atoms with van der Waals surface area (Å²) in [6, 6.07) is 8.07. The molecule has 104 valence electrons. The fourth-order valence-corrected chi connectivity index (χ4v) is 2.06. The summed E-state index contributed by atoms with van der Waals surface area (Å²) in [5.41, 5.74) is 2.57. The number of hydrogen-bond acceptors (Lipinski definition) is 3. The Bertz CT molecular complexity index is 671. The van der Waals surface area contributed by atoms with E-state index in [0.717, 1.165) is 21.5 Å². The molecule has 0 fully saturated rings. The second kappa shape index (κ2) is 5.69. The summed E-state index contributed by atoms with van der Waals surface area (Å²) < 4.78 is 1.16. The third-order valence-corrected chi connectivity index (χ3v) is 2.98. The maximum atomic E-state index is 12.2. The molecule has 0 aliphatic carbocycles. The summed E-state index contributed by atoms with van der Waals surface area (Å²) in [6.07, 6.45) is 1.49. The number of nitrogens with one attached hydrogen (secondary N) is 1. The number of aryl methyl sites for hydroxylation is 2. The molecule has 1 aromatic carbocycles. The van der Waals surface area contributed by atoms with Gasteiger partial charge in [-0.15, -0.1) is 0 Å². The molecule has 0 spiro atoms. The molecule has 0 aliphatic heterocycles. The summed E-state index contributed by atoms with van der Waals surface area (Å²) in [6.45, 7) is 5.58. The molecule has 0 aliphatic rings. The Morgan fingerprint density at radius 1 is 1.25 bits per heavy atom. The first-order chi connectivity index (χ1) is 9.47. The van der Waals surface area contributed by atoms with Crippen LogP contribution < -0.4 is 10.9 Å². The minimum Gasteiger partial charge on any atom is -0.324 e. The van der Waals surface area contributed by atoms with Crippen LogP contribution in [0.25, 0.3) is 0 Å². The van der Waals surface area contributed by atoms with E-state index in [0.29, 0.717) is 0 Å². The molecule has 0 radical (unpaired) electrons. The van der Waals surface area contributed by atoms with Crippen LogP contribution in [0.4, 0.5) is 5.69 Å². The molecule has 1 atom stereocenters. The topological polar surface area (TPSA) is 64.0 Å². The van der Waals surface area contributed by atoms with Crippen LogP contribution in [0.2, 0.25) is 0 Å². The van der Waals surface area contributed by atoms with Crippen molar-refractivity contribution in [2.45, 2.75) is 26.8 Å². The van der Waals surface area contributed by atoms with E-state index in [9.17, 15) is 9.59 Å². The number of amides is 1. The van der Waals surface area contributed by atoms with Gasteiger partial charge in [-0.05, 0) is 50.1 Å². The minimum atomic E-state index is -0.662. The summed E-state index contributed by atoms with van der Waals surface area (Å²) in [4.78, 5) is 23.8. The van der Waals surface area contributed by atoms with Crippen LogP contribution in [0.3, 0.4) is 0 Å². The van der Waals surface area contributed by atoms with E-state index in [1.165, 1.54) is 12.3 Å². The molecule has 0 bridgehead atoms. The highest BCUT2D eigenvalue weighted by Gasteiger charge is 2.17. The van der Waals surface area contributed by atoms with Gasteiger partial charge < -0.3 is 5.32 Å².